The summed E-state index contributed by atoms with van der Waals surface area (Å²) in [4.78, 5) is 25.0. The number of fused-ring (bicyclic) bond motifs is 1. The zero-order valence-corrected chi connectivity index (χ0v) is 15.1. The fourth-order valence-electron chi connectivity index (χ4n) is 3.79. The number of nitrogens with zero attached hydrogens (tertiary/aromatic N) is 4. The van der Waals surface area contributed by atoms with Crippen LogP contribution in [0.15, 0.2) is 12.7 Å². The van der Waals surface area contributed by atoms with E-state index in [0.29, 0.717) is 29.6 Å². The topological polar surface area (TPSA) is 134 Å². The van der Waals surface area contributed by atoms with Crippen LogP contribution in [0, 0.1) is 0 Å². The quantitative estimate of drug-likeness (QED) is 0.570. The molecule has 2 aliphatic rings. The third kappa shape index (κ3) is 3.24. The van der Waals surface area contributed by atoms with Gasteiger partial charge in [-0.2, -0.15) is 0 Å². The summed E-state index contributed by atoms with van der Waals surface area (Å²) in [5.41, 5.74) is 1.04. The summed E-state index contributed by atoms with van der Waals surface area (Å²) in [6, 6.07) is 0.366. The average molecular weight is 376 g/mol. The highest BCUT2D eigenvalue weighted by atomic mass is 16.6. The third-order valence-electron chi connectivity index (χ3n) is 5.18. The number of aliphatic hydroxyl groups is 2. The second-order valence-electron chi connectivity index (χ2n) is 7.00. The summed E-state index contributed by atoms with van der Waals surface area (Å²) in [6.45, 7) is 2.18. The Kier molecular flexibility index (Phi) is 4.94. The first-order chi connectivity index (χ1) is 13.1. The minimum Gasteiger partial charge on any atom is -0.387 e. The SMILES string of the molecule is CCNC(=O)[C@H]1O[C@@H](n2cnc3c(NC4CCCC4)ncnc32)C(O)C1O. The van der Waals surface area contributed by atoms with Crippen molar-refractivity contribution < 1.29 is 19.7 Å². The van der Waals surface area contributed by atoms with E-state index >= 15 is 0 Å². The molecular formula is C17H24N6O4. The Hall–Kier alpha value is -2.30. The van der Waals surface area contributed by atoms with Crippen LogP contribution in [0.2, 0.25) is 0 Å². The first-order valence-corrected chi connectivity index (χ1v) is 9.33. The lowest BCUT2D eigenvalue weighted by molar-refractivity contribution is -0.137. The normalized spacial score (nSPS) is 28.7. The van der Waals surface area contributed by atoms with Crippen molar-refractivity contribution in [2.45, 2.75) is 63.2 Å². The fourth-order valence-corrected chi connectivity index (χ4v) is 3.79. The van der Waals surface area contributed by atoms with Gasteiger partial charge in [0, 0.05) is 12.6 Å². The van der Waals surface area contributed by atoms with E-state index in [0.717, 1.165) is 12.8 Å². The van der Waals surface area contributed by atoms with Gasteiger partial charge in [0.15, 0.2) is 29.3 Å². The Morgan fingerprint density at radius 2 is 2.04 bits per heavy atom. The molecule has 2 aromatic rings. The first kappa shape index (κ1) is 18.1. The van der Waals surface area contributed by atoms with Gasteiger partial charge in [0.2, 0.25) is 0 Å². The molecule has 1 amide bonds. The molecule has 10 nitrogen and oxygen atoms in total. The number of aliphatic hydroxyl groups excluding tert-OH is 2. The van der Waals surface area contributed by atoms with Gasteiger partial charge < -0.3 is 25.6 Å². The molecule has 27 heavy (non-hydrogen) atoms. The van der Waals surface area contributed by atoms with Crippen molar-refractivity contribution >= 4 is 22.9 Å². The van der Waals surface area contributed by atoms with Crippen molar-refractivity contribution in [2.24, 2.45) is 0 Å². The molecule has 4 N–H and O–H groups in total. The summed E-state index contributed by atoms with van der Waals surface area (Å²) < 4.78 is 7.19. The van der Waals surface area contributed by atoms with Crippen molar-refractivity contribution in [1.29, 1.82) is 0 Å². The maximum Gasteiger partial charge on any atom is 0.252 e. The average Bonchev–Trinajstić information content (AvgIpc) is 3.37. The highest BCUT2D eigenvalue weighted by molar-refractivity contribution is 5.83. The van der Waals surface area contributed by atoms with Crippen LogP contribution in [0.1, 0.15) is 38.8 Å². The van der Waals surface area contributed by atoms with Gasteiger partial charge in [-0.1, -0.05) is 12.8 Å². The zero-order valence-electron chi connectivity index (χ0n) is 15.1. The number of hydrogen-bond acceptors (Lipinski definition) is 8. The Bertz CT molecular complexity index is 821. The van der Waals surface area contributed by atoms with Gasteiger partial charge in [-0.3, -0.25) is 9.36 Å². The molecule has 0 bridgehead atoms. The number of carbonyl (C=O) groups excluding carboxylic acids is 1. The molecule has 0 spiro atoms. The smallest absolute Gasteiger partial charge is 0.252 e. The van der Waals surface area contributed by atoms with E-state index in [1.54, 1.807) is 6.92 Å². The second kappa shape index (κ2) is 7.37. The van der Waals surface area contributed by atoms with E-state index < -0.39 is 30.4 Å². The molecule has 10 heteroatoms. The van der Waals surface area contributed by atoms with Gasteiger partial charge in [0.1, 0.15) is 18.5 Å². The first-order valence-electron chi connectivity index (χ1n) is 9.33. The summed E-state index contributed by atoms with van der Waals surface area (Å²) in [7, 11) is 0. The van der Waals surface area contributed by atoms with Crippen LogP contribution in [-0.4, -0.2) is 66.5 Å². The van der Waals surface area contributed by atoms with Crippen molar-refractivity contribution in [1.82, 2.24) is 24.8 Å². The predicted molar refractivity (Wildman–Crippen MR) is 95.8 cm³/mol. The molecule has 0 aromatic carbocycles. The van der Waals surface area contributed by atoms with Gasteiger partial charge in [0.25, 0.3) is 5.91 Å². The number of likely N-dealkylation sites (N-methyl/N-ethyl adjacent to an activating group) is 1. The Balaban J connectivity index is 1.61. The number of aromatic nitrogens is 4. The minimum absolute atomic E-state index is 0.366. The molecule has 4 rings (SSSR count). The van der Waals surface area contributed by atoms with Crippen LogP contribution in [0.25, 0.3) is 11.2 Å². The van der Waals surface area contributed by atoms with Crippen molar-refractivity contribution in [2.75, 3.05) is 11.9 Å². The molecule has 1 saturated carbocycles. The fraction of sp³-hybridized carbons (Fsp3) is 0.647. The number of imidazole rings is 1. The maximum atomic E-state index is 12.1. The molecule has 3 heterocycles. The van der Waals surface area contributed by atoms with E-state index in [2.05, 4.69) is 25.6 Å². The number of hydrogen-bond donors (Lipinski definition) is 4. The molecule has 2 fully saturated rings. The minimum atomic E-state index is -1.34. The van der Waals surface area contributed by atoms with Crippen LogP contribution in [0.5, 0.6) is 0 Å². The van der Waals surface area contributed by atoms with Gasteiger partial charge >= 0.3 is 0 Å². The van der Waals surface area contributed by atoms with Crippen molar-refractivity contribution in [3.63, 3.8) is 0 Å². The van der Waals surface area contributed by atoms with Gasteiger partial charge in [-0.15, -0.1) is 0 Å². The molecule has 2 aromatic heterocycles. The molecule has 1 aliphatic carbocycles. The van der Waals surface area contributed by atoms with Crippen molar-refractivity contribution in [3.8, 4) is 0 Å². The molecule has 1 saturated heterocycles. The molecule has 0 radical (unpaired) electrons. The molecule has 146 valence electrons. The Morgan fingerprint density at radius 3 is 2.78 bits per heavy atom. The van der Waals surface area contributed by atoms with Gasteiger partial charge in [-0.25, -0.2) is 15.0 Å². The maximum absolute atomic E-state index is 12.1. The number of ether oxygens (including phenoxy) is 1. The standard InChI is InChI=1S/C17H24N6O4/c1-2-18-16(26)13-11(24)12(25)17(27-13)23-8-21-10-14(19-7-20-15(10)23)22-9-5-3-4-6-9/h7-9,11-13,17,24-25H,2-6H2,1H3,(H,18,26)(H,19,20,22)/t11?,12?,13-,17+/m0/s1. The van der Waals surface area contributed by atoms with E-state index in [4.69, 9.17) is 4.74 Å². The van der Waals surface area contributed by atoms with E-state index in [-0.39, 0.29) is 0 Å². The Morgan fingerprint density at radius 1 is 1.26 bits per heavy atom. The Labute approximate surface area is 156 Å². The van der Waals surface area contributed by atoms with Crippen molar-refractivity contribution in [3.05, 3.63) is 12.7 Å². The molecule has 4 atom stereocenters. The molecule has 1 aliphatic heterocycles. The van der Waals surface area contributed by atoms with E-state index in [1.807, 2.05) is 0 Å². The van der Waals surface area contributed by atoms with Crippen LogP contribution in [0.4, 0.5) is 5.82 Å². The number of carbonyl (C=O) groups is 1. The van der Waals surface area contributed by atoms with Crippen LogP contribution in [0.3, 0.4) is 0 Å². The lowest BCUT2D eigenvalue weighted by Crippen LogP contribution is -2.42. The van der Waals surface area contributed by atoms with Gasteiger partial charge in [0.05, 0.1) is 6.33 Å². The molecular weight excluding hydrogens is 352 g/mol. The summed E-state index contributed by atoms with van der Waals surface area (Å²) in [6.07, 6.45) is 2.76. The van der Waals surface area contributed by atoms with Crippen LogP contribution in [-0.2, 0) is 9.53 Å². The van der Waals surface area contributed by atoms with Crippen LogP contribution >= 0.6 is 0 Å². The third-order valence-corrected chi connectivity index (χ3v) is 5.18. The number of anilines is 1. The monoisotopic (exact) mass is 376 g/mol. The van der Waals surface area contributed by atoms with Crippen LogP contribution < -0.4 is 10.6 Å². The summed E-state index contributed by atoms with van der Waals surface area (Å²) in [5.74, 6) is 0.174. The zero-order chi connectivity index (χ0) is 19.0. The largest absolute Gasteiger partial charge is 0.387 e. The van der Waals surface area contributed by atoms with E-state index in [9.17, 15) is 15.0 Å². The lowest BCUT2D eigenvalue weighted by atomic mass is 10.1. The number of nitrogens with one attached hydrogen (secondary N) is 2. The number of amides is 1. The predicted octanol–water partition coefficient (Wildman–Crippen LogP) is -0.0639. The van der Waals surface area contributed by atoms with E-state index in [1.165, 1.54) is 30.1 Å². The summed E-state index contributed by atoms with van der Waals surface area (Å²) >= 11 is 0. The second-order valence-corrected chi connectivity index (χ2v) is 7.00. The molecule has 2 unspecified atom stereocenters. The lowest BCUT2D eigenvalue weighted by Gasteiger charge is -2.17. The summed E-state index contributed by atoms with van der Waals surface area (Å²) in [5, 5.41) is 26.6. The highest BCUT2D eigenvalue weighted by Crippen LogP contribution is 2.33. The number of rotatable bonds is 5. The highest BCUT2D eigenvalue weighted by Gasteiger charge is 2.47. The van der Waals surface area contributed by atoms with Gasteiger partial charge in [-0.05, 0) is 19.8 Å².